The zero-order valence-electron chi connectivity index (χ0n) is 16.7. The number of carbonyl (C=O) groups excluding carboxylic acids is 1. The van der Waals surface area contributed by atoms with Crippen LogP contribution in [0.5, 0.6) is 0 Å². The Morgan fingerprint density at radius 1 is 1.15 bits per heavy atom. The molecule has 0 radical (unpaired) electrons. The molecule has 0 aliphatic rings. The fourth-order valence-electron chi connectivity index (χ4n) is 2.51. The Morgan fingerprint density at radius 3 is 2.31 bits per heavy atom. The Bertz CT molecular complexity index is 561. The average Bonchev–Trinajstić information content (AvgIpc) is 2.59. The van der Waals surface area contributed by atoms with E-state index in [0.29, 0.717) is 30.9 Å². The number of hydrogen-bond acceptors (Lipinski definition) is 4. The molecule has 0 spiro atoms. The first-order valence-corrected chi connectivity index (χ1v) is 9.82. The van der Waals surface area contributed by atoms with Gasteiger partial charge in [-0.2, -0.15) is 0 Å². The van der Waals surface area contributed by atoms with Gasteiger partial charge in [0.1, 0.15) is 0 Å². The third kappa shape index (κ3) is 7.26. The molecule has 0 saturated heterocycles. The Labute approximate surface area is 162 Å². The Kier molecular flexibility index (Phi) is 9.08. The van der Waals surface area contributed by atoms with Crippen molar-refractivity contribution >= 4 is 17.6 Å². The largest absolute Gasteiger partial charge is 0.465 e. The average molecular weight is 385 g/mol. The number of benzene rings is 1. The molecule has 0 saturated carbocycles. The summed E-state index contributed by atoms with van der Waals surface area (Å²) < 4.78 is 11.4. The third-order valence-corrected chi connectivity index (χ3v) is 4.77. The maximum absolute atomic E-state index is 11.8. The lowest BCUT2D eigenvalue weighted by Crippen LogP contribution is -2.32. The van der Waals surface area contributed by atoms with Gasteiger partial charge in [-0.05, 0) is 64.5 Å². The summed E-state index contributed by atoms with van der Waals surface area (Å²) >= 11 is 6.34. The lowest BCUT2D eigenvalue weighted by Gasteiger charge is -2.32. The molecule has 0 amide bonds. The number of esters is 1. The molecular formula is C21H33ClO4. The molecule has 1 rings (SSSR count). The minimum atomic E-state index is -1.16. The maximum atomic E-state index is 11.8. The number of aliphatic hydroxyl groups is 1. The fraction of sp³-hybridized carbons (Fsp3) is 0.667. The molecule has 0 aliphatic heterocycles. The second-order valence-corrected chi connectivity index (χ2v) is 8.07. The van der Waals surface area contributed by atoms with E-state index < -0.39 is 11.2 Å². The van der Waals surface area contributed by atoms with Gasteiger partial charge in [0.25, 0.3) is 0 Å². The van der Waals surface area contributed by atoms with Crippen molar-refractivity contribution in [1.82, 2.24) is 0 Å². The second-order valence-electron chi connectivity index (χ2n) is 7.66. The van der Waals surface area contributed by atoms with Crippen molar-refractivity contribution in [2.45, 2.75) is 78.6 Å². The minimum Gasteiger partial charge on any atom is -0.465 e. The monoisotopic (exact) mass is 384 g/mol. The smallest absolute Gasteiger partial charge is 0.311 e. The van der Waals surface area contributed by atoms with E-state index in [4.69, 9.17) is 21.1 Å². The molecule has 0 heterocycles. The molecule has 148 valence electrons. The van der Waals surface area contributed by atoms with Crippen LogP contribution in [0.1, 0.15) is 78.4 Å². The van der Waals surface area contributed by atoms with Gasteiger partial charge in [-0.15, -0.1) is 0 Å². The van der Waals surface area contributed by atoms with Crippen LogP contribution in [-0.4, -0.2) is 23.5 Å². The summed E-state index contributed by atoms with van der Waals surface area (Å²) in [4.78, 5) is 11.8. The van der Waals surface area contributed by atoms with Crippen LogP contribution in [-0.2, 0) is 14.3 Å². The Balaban J connectivity index is 2.67. The molecule has 1 aromatic rings. The van der Waals surface area contributed by atoms with Crippen molar-refractivity contribution < 1.29 is 19.4 Å². The first-order chi connectivity index (χ1) is 12.1. The van der Waals surface area contributed by atoms with Crippen molar-refractivity contribution in [3.63, 3.8) is 0 Å². The number of rotatable bonds is 10. The first kappa shape index (κ1) is 22.9. The number of hydrogen-bond donors (Lipinski definition) is 1. The molecule has 0 bridgehead atoms. The maximum Gasteiger partial charge on any atom is 0.311 e. The highest BCUT2D eigenvalue weighted by Crippen LogP contribution is 2.34. The van der Waals surface area contributed by atoms with E-state index >= 15 is 0 Å². The summed E-state index contributed by atoms with van der Waals surface area (Å²) in [7, 11) is 0. The van der Waals surface area contributed by atoms with Gasteiger partial charge in [0, 0.05) is 5.02 Å². The van der Waals surface area contributed by atoms with Gasteiger partial charge in [0.05, 0.1) is 18.1 Å². The van der Waals surface area contributed by atoms with Crippen molar-refractivity contribution in [1.29, 1.82) is 0 Å². The topological polar surface area (TPSA) is 55.8 Å². The molecule has 0 aliphatic carbocycles. The van der Waals surface area contributed by atoms with Crippen LogP contribution in [0.3, 0.4) is 0 Å². The standard InChI is InChI=1S/C21H33ClO4/c1-6-21(24,7-2)26-18(16-12-8-9-13-17(16)22)14-10-11-15-25-19(23)20(3,4)5/h8-9,12-13,18,24H,6-7,10-11,14-15H2,1-5H3. The second kappa shape index (κ2) is 10.3. The first-order valence-electron chi connectivity index (χ1n) is 9.44. The lowest BCUT2D eigenvalue weighted by molar-refractivity contribution is -0.236. The summed E-state index contributed by atoms with van der Waals surface area (Å²) in [6.45, 7) is 9.71. The molecule has 1 aromatic carbocycles. The van der Waals surface area contributed by atoms with E-state index in [2.05, 4.69) is 0 Å². The number of carbonyl (C=O) groups is 1. The van der Waals surface area contributed by atoms with Crippen molar-refractivity contribution in [3.05, 3.63) is 34.9 Å². The van der Waals surface area contributed by atoms with E-state index in [1.807, 2.05) is 58.9 Å². The number of unbranched alkanes of at least 4 members (excludes halogenated alkanes) is 1. The highest BCUT2D eigenvalue weighted by atomic mass is 35.5. The molecule has 4 nitrogen and oxygen atoms in total. The quantitative estimate of drug-likeness (QED) is 0.321. The highest BCUT2D eigenvalue weighted by Gasteiger charge is 2.29. The molecule has 1 unspecified atom stereocenters. The van der Waals surface area contributed by atoms with E-state index in [1.165, 1.54) is 0 Å². The van der Waals surface area contributed by atoms with Crippen LogP contribution < -0.4 is 0 Å². The van der Waals surface area contributed by atoms with Gasteiger partial charge >= 0.3 is 5.97 Å². The van der Waals surface area contributed by atoms with Crippen molar-refractivity contribution in [3.8, 4) is 0 Å². The van der Waals surface area contributed by atoms with Crippen LogP contribution in [0, 0.1) is 5.41 Å². The van der Waals surface area contributed by atoms with Gasteiger partial charge in [0.15, 0.2) is 5.79 Å². The molecule has 26 heavy (non-hydrogen) atoms. The molecule has 1 atom stereocenters. The van der Waals surface area contributed by atoms with Gasteiger partial charge in [-0.3, -0.25) is 4.79 Å². The number of ether oxygens (including phenoxy) is 2. The van der Waals surface area contributed by atoms with Gasteiger partial charge < -0.3 is 14.6 Å². The lowest BCUT2D eigenvalue weighted by atomic mass is 9.97. The molecule has 0 aromatic heterocycles. The van der Waals surface area contributed by atoms with E-state index in [0.717, 1.165) is 18.4 Å². The predicted octanol–water partition coefficient (Wildman–Crippen LogP) is 5.67. The molecule has 0 fully saturated rings. The number of halogens is 1. The SMILES string of the molecule is CCC(O)(CC)OC(CCCCOC(=O)C(C)(C)C)c1ccccc1Cl. The van der Waals surface area contributed by atoms with Gasteiger partial charge in [-0.25, -0.2) is 0 Å². The summed E-state index contributed by atoms with van der Waals surface area (Å²) in [5, 5.41) is 11.2. The van der Waals surface area contributed by atoms with Crippen LogP contribution in [0.15, 0.2) is 24.3 Å². The van der Waals surface area contributed by atoms with Crippen LogP contribution >= 0.6 is 11.6 Å². The summed E-state index contributed by atoms with van der Waals surface area (Å²) in [6.07, 6.45) is 2.95. The third-order valence-electron chi connectivity index (χ3n) is 4.42. The van der Waals surface area contributed by atoms with Crippen LogP contribution in [0.25, 0.3) is 0 Å². The molecule has 1 N–H and O–H groups in total. The zero-order chi connectivity index (χ0) is 19.8. The Hall–Kier alpha value is -1.10. The highest BCUT2D eigenvalue weighted by molar-refractivity contribution is 6.31. The van der Waals surface area contributed by atoms with E-state index in [1.54, 1.807) is 0 Å². The van der Waals surface area contributed by atoms with Gasteiger partial charge in [0.2, 0.25) is 0 Å². The van der Waals surface area contributed by atoms with E-state index in [9.17, 15) is 9.90 Å². The summed E-state index contributed by atoms with van der Waals surface area (Å²) in [5.74, 6) is -1.36. The minimum absolute atomic E-state index is 0.192. The van der Waals surface area contributed by atoms with Crippen molar-refractivity contribution in [2.75, 3.05) is 6.61 Å². The van der Waals surface area contributed by atoms with Crippen molar-refractivity contribution in [2.24, 2.45) is 5.41 Å². The zero-order valence-corrected chi connectivity index (χ0v) is 17.4. The summed E-state index contributed by atoms with van der Waals surface area (Å²) in [6, 6.07) is 7.55. The normalized spacial score (nSPS) is 13.5. The molecule has 5 heteroatoms. The van der Waals surface area contributed by atoms with Crippen LogP contribution in [0.4, 0.5) is 0 Å². The molecular weight excluding hydrogens is 352 g/mol. The van der Waals surface area contributed by atoms with Crippen LogP contribution in [0.2, 0.25) is 5.02 Å². The van der Waals surface area contributed by atoms with E-state index in [-0.39, 0.29) is 12.1 Å². The van der Waals surface area contributed by atoms with Gasteiger partial charge in [-0.1, -0.05) is 43.6 Å². The Morgan fingerprint density at radius 2 is 1.77 bits per heavy atom. The summed E-state index contributed by atoms with van der Waals surface area (Å²) in [5.41, 5.74) is 0.392. The fourth-order valence-corrected chi connectivity index (χ4v) is 2.77. The predicted molar refractivity (Wildman–Crippen MR) is 105 cm³/mol.